The highest BCUT2D eigenvalue weighted by Crippen LogP contribution is 2.28. The standard InChI is InChI=1S/C11H14F4N2O/c1-18-10-6-9(8(16)5-7(10)12)17-4-2-3-11(13,14)15/h5-6,17H,2-4,16H2,1H3. The first-order valence-corrected chi connectivity index (χ1v) is 5.27. The van der Waals surface area contributed by atoms with E-state index in [1.54, 1.807) is 0 Å². The highest BCUT2D eigenvalue weighted by molar-refractivity contribution is 5.68. The van der Waals surface area contributed by atoms with Crippen LogP contribution >= 0.6 is 0 Å². The molecule has 0 bridgehead atoms. The fourth-order valence-electron chi connectivity index (χ4n) is 1.39. The summed E-state index contributed by atoms with van der Waals surface area (Å²) in [4.78, 5) is 0. The van der Waals surface area contributed by atoms with Crippen molar-refractivity contribution < 1.29 is 22.3 Å². The molecule has 1 aromatic rings. The summed E-state index contributed by atoms with van der Waals surface area (Å²) in [6.07, 6.45) is -5.13. The lowest BCUT2D eigenvalue weighted by atomic mass is 10.2. The second-order valence-electron chi connectivity index (χ2n) is 3.72. The molecule has 0 unspecified atom stereocenters. The average Bonchev–Trinajstić information content (AvgIpc) is 2.25. The van der Waals surface area contributed by atoms with Crippen LogP contribution in [0, 0.1) is 5.82 Å². The van der Waals surface area contributed by atoms with Crippen molar-refractivity contribution in [3.05, 3.63) is 17.9 Å². The molecule has 0 fully saturated rings. The minimum absolute atomic E-state index is 0.0116. The third kappa shape index (κ3) is 4.31. The summed E-state index contributed by atoms with van der Waals surface area (Å²) in [5.41, 5.74) is 6.01. The molecule has 0 aliphatic carbocycles. The fourth-order valence-corrected chi connectivity index (χ4v) is 1.39. The van der Waals surface area contributed by atoms with Gasteiger partial charge in [-0.15, -0.1) is 0 Å². The van der Waals surface area contributed by atoms with Crippen LogP contribution in [-0.2, 0) is 0 Å². The Kier molecular flexibility index (Phi) is 4.63. The Balaban J connectivity index is 2.57. The van der Waals surface area contributed by atoms with Crippen molar-refractivity contribution in [2.75, 3.05) is 24.7 Å². The first-order chi connectivity index (χ1) is 8.33. The second kappa shape index (κ2) is 5.79. The van der Waals surface area contributed by atoms with E-state index in [2.05, 4.69) is 5.32 Å². The smallest absolute Gasteiger partial charge is 0.389 e. The van der Waals surface area contributed by atoms with Crippen LogP contribution in [0.15, 0.2) is 12.1 Å². The van der Waals surface area contributed by atoms with E-state index in [4.69, 9.17) is 10.5 Å². The molecule has 0 aromatic heterocycles. The summed E-state index contributed by atoms with van der Waals surface area (Å²) < 4.78 is 53.7. The number of benzene rings is 1. The molecule has 1 aromatic carbocycles. The lowest BCUT2D eigenvalue weighted by Crippen LogP contribution is -2.11. The van der Waals surface area contributed by atoms with Gasteiger partial charge in [0.15, 0.2) is 11.6 Å². The quantitative estimate of drug-likeness (QED) is 0.489. The summed E-state index contributed by atoms with van der Waals surface area (Å²) in [6, 6.07) is 2.38. The van der Waals surface area contributed by atoms with Gasteiger partial charge in [0.1, 0.15) is 0 Å². The van der Waals surface area contributed by atoms with Gasteiger partial charge < -0.3 is 15.8 Å². The molecular formula is C11H14F4N2O. The normalized spacial score (nSPS) is 11.4. The van der Waals surface area contributed by atoms with Crippen molar-refractivity contribution in [1.82, 2.24) is 0 Å². The molecule has 1 rings (SSSR count). The van der Waals surface area contributed by atoms with Crippen LogP contribution in [0.3, 0.4) is 0 Å². The topological polar surface area (TPSA) is 47.3 Å². The van der Waals surface area contributed by atoms with E-state index < -0.39 is 18.4 Å². The van der Waals surface area contributed by atoms with Gasteiger partial charge in [-0.1, -0.05) is 0 Å². The molecule has 0 aliphatic heterocycles. The predicted octanol–water partition coefficient (Wildman–Crippen LogP) is 3.17. The SMILES string of the molecule is COc1cc(NCCCC(F)(F)F)c(N)cc1F. The minimum atomic E-state index is -4.17. The van der Waals surface area contributed by atoms with Gasteiger partial charge in [0, 0.05) is 25.1 Å². The molecule has 0 amide bonds. The Morgan fingerprint density at radius 1 is 1.33 bits per heavy atom. The lowest BCUT2D eigenvalue weighted by molar-refractivity contribution is -0.134. The number of nitrogens with one attached hydrogen (secondary N) is 1. The molecule has 0 atom stereocenters. The van der Waals surface area contributed by atoms with E-state index in [9.17, 15) is 17.6 Å². The number of rotatable bonds is 5. The highest BCUT2D eigenvalue weighted by atomic mass is 19.4. The largest absolute Gasteiger partial charge is 0.494 e. The molecule has 7 heteroatoms. The van der Waals surface area contributed by atoms with Crippen molar-refractivity contribution in [3.8, 4) is 5.75 Å². The summed E-state index contributed by atoms with van der Waals surface area (Å²) in [5.74, 6) is -0.627. The van der Waals surface area contributed by atoms with Crippen LogP contribution in [0.2, 0.25) is 0 Å². The molecule has 0 saturated heterocycles. The Labute approximate surface area is 102 Å². The van der Waals surface area contributed by atoms with Gasteiger partial charge in [0.25, 0.3) is 0 Å². The number of nitrogens with two attached hydrogens (primary N) is 1. The Bertz CT molecular complexity index is 407. The third-order valence-corrected chi connectivity index (χ3v) is 2.28. The first kappa shape index (κ1) is 14.4. The summed E-state index contributed by atoms with van der Waals surface area (Å²) in [5, 5.41) is 2.72. The molecule has 102 valence electrons. The van der Waals surface area contributed by atoms with E-state index in [1.165, 1.54) is 13.2 Å². The number of nitrogen functional groups attached to an aromatic ring is 1. The van der Waals surface area contributed by atoms with E-state index in [0.29, 0.717) is 5.69 Å². The molecule has 0 heterocycles. The minimum Gasteiger partial charge on any atom is -0.494 e. The summed E-state index contributed by atoms with van der Waals surface area (Å²) >= 11 is 0. The Morgan fingerprint density at radius 2 is 2.00 bits per heavy atom. The van der Waals surface area contributed by atoms with Crippen molar-refractivity contribution in [2.24, 2.45) is 0 Å². The van der Waals surface area contributed by atoms with Crippen molar-refractivity contribution in [1.29, 1.82) is 0 Å². The zero-order valence-corrected chi connectivity index (χ0v) is 9.77. The number of halogens is 4. The summed E-state index contributed by atoms with van der Waals surface area (Å²) in [6.45, 7) is 0.0957. The van der Waals surface area contributed by atoms with Crippen LogP contribution in [0.4, 0.5) is 28.9 Å². The van der Waals surface area contributed by atoms with E-state index >= 15 is 0 Å². The highest BCUT2D eigenvalue weighted by Gasteiger charge is 2.25. The van der Waals surface area contributed by atoms with Gasteiger partial charge in [-0.3, -0.25) is 0 Å². The van der Waals surface area contributed by atoms with Crippen molar-refractivity contribution in [3.63, 3.8) is 0 Å². The number of anilines is 2. The van der Waals surface area contributed by atoms with Crippen LogP contribution < -0.4 is 15.8 Å². The molecule has 0 aliphatic rings. The summed E-state index contributed by atoms with van der Waals surface area (Å²) in [7, 11) is 1.29. The molecule has 3 N–H and O–H groups in total. The van der Waals surface area contributed by atoms with E-state index in [0.717, 1.165) is 6.07 Å². The van der Waals surface area contributed by atoms with Crippen molar-refractivity contribution in [2.45, 2.75) is 19.0 Å². The van der Waals surface area contributed by atoms with Crippen LogP contribution in [0.5, 0.6) is 5.75 Å². The lowest BCUT2D eigenvalue weighted by Gasteiger charge is -2.12. The predicted molar refractivity (Wildman–Crippen MR) is 61.1 cm³/mol. The molecular weight excluding hydrogens is 252 g/mol. The van der Waals surface area contributed by atoms with Gasteiger partial charge in [0.05, 0.1) is 18.5 Å². The number of hydrogen-bond acceptors (Lipinski definition) is 3. The maximum absolute atomic E-state index is 13.2. The van der Waals surface area contributed by atoms with Crippen molar-refractivity contribution >= 4 is 11.4 Å². The van der Waals surface area contributed by atoms with Gasteiger partial charge >= 0.3 is 6.18 Å². The van der Waals surface area contributed by atoms with Gasteiger partial charge in [-0.2, -0.15) is 13.2 Å². The molecule has 0 spiro atoms. The molecule has 3 nitrogen and oxygen atoms in total. The second-order valence-corrected chi connectivity index (χ2v) is 3.72. The average molecular weight is 266 g/mol. The maximum atomic E-state index is 13.2. The van der Waals surface area contributed by atoms with E-state index in [1.807, 2.05) is 0 Å². The number of alkyl halides is 3. The third-order valence-electron chi connectivity index (χ3n) is 2.28. The molecule has 0 radical (unpaired) electrons. The zero-order valence-electron chi connectivity index (χ0n) is 9.77. The Morgan fingerprint density at radius 3 is 2.56 bits per heavy atom. The Hall–Kier alpha value is -1.66. The van der Waals surface area contributed by atoms with Crippen LogP contribution in [0.25, 0.3) is 0 Å². The van der Waals surface area contributed by atoms with E-state index in [-0.39, 0.29) is 24.4 Å². The van der Waals surface area contributed by atoms with Gasteiger partial charge in [-0.25, -0.2) is 4.39 Å². The number of methoxy groups -OCH3 is 1. The van der Waals surface area contributed by atoms with Gasteiger partial charge in [-0.05, 0) is 6.42 Å². The first-order valence-electron chi connectivity index (χ1n) is 5.27. The number of hydrogen-bond donors (Lipinski definition) is 2. The maximum Gasteiger partial charge on any atom is 0.389 e. The number of ether oxygens (including phenoxy) is 1. The molecule has 0 saturated carbocycles. The van der Waals surface area contributed by atoms with Crippen LogP contribution in [0.1, 0.15) is 12.8 Å². The van der Waals surface area contributed by atoms with Gasteiger partial charge in [0.2, 0.25) is 0 Å². The zero-order chi connectivity index (χ0) is 13.8. The molecule has 18 heavy (non-hydrogen) atoms. The monoisotopic (exact) mass is 266 g/mol. The fraction of sp³-hybridized carbons (Fsp3) is 0.455. The van der Waals surface area contributed by atoms with Crippen LogP contribution in [-0.4, -0.2) is 19.8 Å².